The second kappa shape index (κ2) is 9.27. The third-order valence-corrected chi connectivity index (χ3v) is 6.12. The number of ether oxygens (including phenoxy) is 2. The highest BCUT2D eigenvalue weighted by atomic mass is 16.6. The summed E-state index contributed by atoms with van der Waals surface area (Å²) < 4.78 is 11.7. The second-order valence-corrected chi connectivity index (χ2v) is 9.61. The average Bonchev–Trinajstić information content (AvgIpc) is 2.89. The minimum absolute atomic E-state index is 0.0297. The maximum Gasteiger partial charge on any atom is 0.410 e. The van der Waals surface area contributed by atoms with Crippen molar-refractivity contribution >= 4 is 12.2 Å². The number of likely N-dealkylation sites (tertiary alicyclic amines) is 1. The second-order valence-electron chi connectivity index (χ2n) is 9.61. The van der Waals surface area contributed by atoms with Crippen molar-refractivity contribution in [3.05, 3.63) is 35.9 Å². The topological polar surface area (TPSA) is 59.1 Å². The molecule has 1 aromatic carbocycles. The number of amides is 2. The van der Waals surface area contributed by atoms with Gasteiger partial charge in [0.05, 0.1) is 6.04 Å². The van der Waals surface area contributed by atoms with Gasteiger partial charge in [0.25, 0.3) is 0 Å². The fourth-order valence-electron chi connectivity index (χ4n) is 4.41. The summed E-state index contributed by atoms with van der Waals surface area (Å²) in [5.41, 5.74) is 0.103. The average molecular weight is 417 g/mol. The van der Waals surface area contributed by atoms with Gasteiger partial charge >= 0.3 is 12.2 Å². The van der Waals surface area contributed by atoms with Crippen LogP contribution in [0, 0.1) is 0 Å². The highest BCUT2D eigenvalue weighted by molar-refractivity contribution is 5.69. The van der Waals surface area contributed by atoms with Crippen molar-refractivity contribution in [1.82, 2.24) is 9.80 Å². The summed E-state index contributed by atoms with van der Waals surface area (Å²) in [7, 11) is 0. The lowest BCUT2D eigenvalue weighted by Gasteiger charge is -2.39. The predicted molar refractivity (Wildman–Crippen MR) is 116 cm³/mol. The van der Waals surface area contributed by atoms with Crippen LogP contribution in [0.4, 0.5) is 9.59 Å². The summed E-state index contributed by atoms with van der Waals surface area (Å²) >= 11 is 0. The number of hydrogen-bond donors (Lipinski definition) is 0. The van der Waals surface area contributed by atoms with Crippen LogP contribution in [0.3, 0.4) is 0 Å². The molecular weight excluding hydrogens is 380 g/mol. The van der Waals surface area contributed by atoms with Gasteiger partial charge in [0.1, 0.15) is 11.2 Å². The first-order chi connectivity index (χ1) is 14.2. The van der Waals surface area contributed by atoms with Crippen molar-refractivity contribution in [2.24, 2.45) is 0 Å². The van der Waals surface area contributed by atoms with Crippen molar-refractivity contribution in [3.8, 4) is 0 Å². The van der Waals surface area contributed by atoms with E-state index < -0.39 is 11.2 Å². The lowest BCUT2D eigenvalue weighted by atomic mass is 9.88. The maximum atomic E-state index is 13.2. The molecule has 2 amide bonds. The third kappa shape index (κ3) is 5.67. The molecule has 2 aliphatic rings. The molecule has 6 nitrogen and oxygen atoms in total. The molecule has 6 heteroatoms. The molecule has 0 aromatic heterocycles. The molecule has 0 N–H and O–H groups in total. The van der Waals surface area contributed by atoms with E-state index in [0.717, 1.165) is 37.7 Å². The van der Waals surface area contributed by atoms with Gasteiger partial charge < -0.3 is 19.3 Å². The lowest BCUT2D eigenvalue weighted by molar-refractivity contribution is -0.0399. The fourth-order valence-corrected chi connectivity index (χ4v) is 4.41. The van der Waals surface area contributed by atoms with Crippen molar-refractivity contribution < 1.29 is 19.1 Å². The van der Waals surface area contributed by atoms with Crippen LogP contribution in [0.15, 0.2) is 30.3 Å². The number of rotatable bonds is 2. The molecule has 166 valence electrons. The molecule has 0 saturated carbocycles. The predicted octanol–water partition coefficient (Wildman–Crippen LogP) is 5.53. The number of nitrogens with zero attached hydrogens (tertiary/aromatic N) is 2. The van der Waals surface area contributed by atoms with Gasteiger partial charge in [-0.1, -0.05) is 30.3 Å². The van der Waals surface area contributed by atoms with Gasteiger partial charge in [-0.15, -0.1) is 0 Å². The number of benzene rings is 1. The maximum absolute atomic E-state index is 13.2. The first-order valence-electron chi connectivity index (χ1n) is 11.2. The highest BCUT2D eigenvalue weighted by Gasteiger charge is 2.40. The van der Waals surface area contributed by atoms with Crippen LogP contribution in [0.25, 0.3) is 0 Å². The summed E-state index contributed by atoms with van der Waals surface area (Å²) in [4.78, 5) is 29.3. The summed E-state index contributed by atoms with van der Waals surface area (Å²) in [5.74, 6) is 0. The Hall–Kier alpha value is -2.24. The minimum atomic E-state index is -0.512. The van der Waals surface area contributed by atoms with E-state index in [4.69, 9.17) is 9.47 Å². The molecule has 2 atom stereocenters. The molecule has 0 aliphatic carbocycles. The van der Waals surface area contributed by atoms with Gasteiger partial charge in [-0.3, -0.25) is 0 Å². The summed E-state index contributed by atoms with van der Waals surface area (Å²) in [6.07, 6.45) is 4.56. The van der Waals surface area contributed by atoms with E-state index in [-0.39, 0.29) is 18.2 Å². The molecule has 1 aromatic rings. The molecule has 0 radical (unpaired) electrons. The van der Waals surface area contributed by atoms with E-state index >= 15 is 0 Å². The van der Waals surface area contributed by atoms with Crippen molar-refractivity contribution in [3.63, 3.8) is 0 Å². The van der Waals surface area contributed by atoms with Gasteiger partial charge in [0.15, 0.2) is 0 Å². The highest BCUT2D eigenvalue weighted by Crippen LogP contribution is 2.36. The van der Waals surface area contributed by atoms with Crippen LogP contribution < -0.4 is 0 Å². The molecule has 3 rings (SSSR count). The quantitative estimate of drug-likeness (QED) is 0.636. The first-order valence-corrected chi connectivity index (χ1v) is 11.2. The van der Waals surface area contributed by atoms with Crippen LogP contribution in [0.5, 0.6) is 0 Å². The van der Waals surface area contributed by atoms with E-state index in [2.05, 4.69) is 19.1 Å². The van der Waals surface area contributed by atoms with E-state index in [1.807, 2.05) is 43.9 Å². The van der Waals surface area contributed by atoms with Gasteiger partial charge in [-0.2, -0.15) is 0 Å². The van der Waals surface area contributed by atoms with E-state index in [9.17, 15) is 9.59 Å². The number of carbonyl (C=O) groups excluding carboxylic acids is 2. The fraction of sp³-hybridized carbons (Fsp3) is 0.667. The summed E-state index contributed by atoms with van der Waals surface area (Å²) in [5, 5.41) is 0. The zero-order valence-corrected chi connectivity index (χ0v) is 18.9. The van der Waals surface area contributed by atoms with Crippen LogP contribution in [0.2, 0.25) is 0 Å². The van der Waals surface area contributed by atoms with Crippen molar-refractivity contribution in [2.75, 3.05) is 19.6 Å². The van der Waals surface area contributed by atoms with Gasteiger partial charge in [0.2, 0.25) is 0 Å². The largest absolute Gasteiger partial charge is 0.444 e. The smallest absolute Gasteiger partial charge is 0.410 e. The van der Waals surface area contributed by atoms with Crippen LogP contribution in [-0.4, -0.2) is 52.8 Å². The van der Waals surface area contributed by atoms with Gasteiger partial charge in [-0.05, 0) is 65.4 Å². The molecule has 1 spiro atoms. The zero-order chi connectivity index (χ0) is 21.8. The molecule has 0 bridgehead atoms. The van der Waals surface area contributed by atoms with Crippen LogP contribution >= 0.6 is 0 Å². The van der Waals surface area contributed by atoms with Crippen molar-refractivity contribution in [2.45, 2.75) is 83.5 Å². The van der Waals surface area contributed by atoms with E-state index in [0.29, 0.717) is 26.1 Å². The molecule has 2 heterocycles. The Morgan fingerprint density at radius 1 is 1.03 bits per heavy atom. The molecule has 30 heavy (non-hydrogen) atoms. The standard InChI is InChI=1S/C24H36N2O4/c1-19(20-11-6-5-7-12-20)26-17-9-8-13-24(30-22(26)28)14-10-16-25(18-15-24)21(27)29-23(2,3)4/h5-7,11-12,19H,8-10,13-18H2,1-4H3. The van der Waals surface area contributed by atoms with E-state index in [1.54, 1.807) is 4.90 Å². The Labute approximate surface area is 180 Å². The molecule has 2 unspecified atom stereocenters. The van der Waals surface area contributed by atoms with E-state index in [1.165, 1.54) is 0 Å². The van der Waals surface area contributed by atoms with Crippen LogP contribution in [-0.2, 0) is 9.47 Å². The monoisotopic (exact) mass is 416 g/mol. The Morgan fingerprint density at radius 3 is 2.43 bits per heavy atom. The normalized spacial score (nSPS) is 24.5. The number of hydrogen-bond acceptors (Lipinski definition) is 4. The van der Waals surface area contributed by atoms with Gasteiger partial charge in [-0.25, -0.2) is 9.59 Å². The van der Waals surface area contributed by atoms with Crippen LogP contribution in [0.1, 0.15) is 77.8 Å². The zero-order valence-electron chi connectivity index (χ0n) is 18.9. The molecule has 2 saturated heterocycles. The summed E-state index contributed by atoms with van der Waals surface area (Å²) in [6.45, 7) is 9.59. The SMILES string of the molecule is CC(c1ccccc1)N1CCCCC2(CCCN(C(=O)OC(C)(C)C)CC2)OC1=O. The Kier molecular flexibility index (Phi) is 6.94. The Balaban J connectivity index is 1.69. The summed E-state index contributed by atoms with van der Waals surface area (Å²) in [6, 6.07) is 10.1. The lowest BCUT2D eigenvalue weighted by Crippen LogP contribution is -2.45. The molecule has 2 fully saturated rings. The first kappa shape index (κ1) is 22.4. The Morgan fingerprint density at radius 2 is 1.73 bits per heavy atom. The molecular formula is C24H36N2O4. The van der Waals surface area contributed by atoms with Crippen molar-refractivity contribution in [1.29, 1.82) is 0 Å². The Bertz CT molecular complexity index is 730. The number of carbonyl (C=O) groups is 2. The molecule has 2 aliphatic heterocycles. The minimum Gasteiger partial charge on any atom is -0.444 e. The van der Waals surface area contributed by atoms with Gasteiger partial charge in [0, 0.05) is 26.1 Å². The third-order valence-electron chi connectivity index (χ3n) is 6.12.